The van der Waals surface area contributed by atoms with Gasteiger partial charge in [0.05, 0.1) is 12.8 Å². The van der Waals surface area contributed by atoms with Crippen molar-refractivity contribution in [3.05, 3.63) is 101 Å². The number of hydrogen-bond acceptors (Lipinski definition) is 6. The number of methoxy groups -OCH3 is 1. The van der Waals surface area contributed by atoms with Crippen molar-refractivity contribution in [2.75, 3.05) is 23.9 Å². The number of hydrogen-bond donors (Lipinski definition) is 1. The van der Waals surface area contributed by atoms with Gasteiger partial charge in [-0.1, -0.05) is 70.8 Å². The highest BCUT2D eigenvalue weighted by molar-refractivity contribution is 5.97. The van der Waals surface area contributed by atoms with Crippen molar-refractivity contribution >= 4 is 23.2 Å². The van der Waals surface area contributed by atoms with Crippen LogP contribution >= 0.6 is 0 Å². The molecule has 35 heavy (non-hydrogen) atoms. The molecule has 1 N–H and O–H groups in total. The van der Waals surface area contributed by atoms with Gasteiger partial charge in [-0.05, 0) is 53.6 Å². The molecule has 1 unspecified atom stereocenters. The van der Waals surface area contributed by atoms with Gasteiger partial charge in [-0.25, -0.2) is 0 Å². The summed E-state index contributed by atoms with van der Waals surface area (Å²) in [6.07, 6.45) is 2.11. The van der Waals surface area contributed by atoms with E-state index in [0.29, 0.717) is 17.4 Å². The smallest absolute Gasteiger partial charge is 0.251 e. The number of carbonyl (C=O) groups is 1. The van der Waals surface area contributed by atoms with Crippen LogP contribution in [0, 0.1) is 13.8 Å². The van der Waals surface area contributed by atoms with Gasteiger partial charge >= 0.3 is 0 Å². The van der Waals surface area contributed by atoms with E-state index < -0.39 is 0 Å². The van der Waals surface area contributed by atoms with E-state index in [9.17, 15) is 4.79 Å². The minimum atomic E-state index is -0.199. The van der Waals surface area contributed by atoms with Gasteiger partial charge in [-0.2, -0.15) is 4.68 Å². The lowest BCUT2D eigenvalue weighted by molar-refractivity contribution is -0.114. The molecule has 176 valence electrons. The van der Waals surface area contributed by atoms with Crippen molar-refractivity contribution in [1.29, 1.82) is 0 Å². The van der Waals surface area contributed by atoms with Crippen LogP contribution in [0.15, 0.2) is 78.9 Å². The Morgan fingerprint density at radius 3 is 2.43 bits per heavy atom. The van der Waals surface area contributed by atoms with E-state index in [1.54, 1.807) is 17.9 Å². The molecule has 1 aliphatic rings. The minimum absolute atomic E-state index is 0.0396. The Kier molecular flexibility index (Phi) is 6.01. The summed E-state index contributed by atoms with van der Waals surface area (Å²) < 4.78 is 7.02. The number of aromatic nitrogens is 4. The highest BCUT2D eigenvalue weighted by atomic mass is 16.5. The third-order valence-electron chi connectivity index (χ3n) is 6.01. The topological polar surface area (TPSA) is 85.2 Å². The van der Waals surface area contributed by atoms with Crippen LogP contribution in [0.25, 0.3) is 5.70 Å². The average Bonchev–Trinajstić information content (AvgIpc) is 3.36. The number of tetrazole rings is 1. The second kappa shape index (κ2) is 9.42. The number of anilines is 2. The maximum atomic E-state index is 13.1. The summed E-state index contributed by atoms with van der Waals surface area (Å²) in [5.74, 6) is 0.986. The van der Waals surface area contributed by atoms with Crippen LogP contribution in [-0.2, 0) is 4.79 Å². The first-order chi connectivity index (χ1) is 17.0. The summed E-state index contributed by atoms with van der Waals surface area (Å²) >= 11 is 0. The lowest BCUT2D eigenvalue weighted by atomic mass is 9.99. The van der Waals surface area contributed by atoms with Gasteiger partial charge in [0.25, 0.3) is 5.95 Å². The predicted molar refractivity (Wildman–Crippen MR) is 135 cm³/mol. The molecule has 4 aromatic rings. The lowest BCUT2D eigenvalue weighted by Gasteiger charge is -2.32. The normalized spacial score (nSPS) is 14.8. The molecular weight excluding hydrogens is 440 g/mol. The molecule has 1 aromatic heterocycles. The number of nitrogens with one attached hydrogen (secondary N) is 1. The van der Waals surface area contributed by atoms with E-state index in [0.717, 1.165) is 22.4 Å². The van der Waals surface area contributed by atoms with Crippen molar-refractivity contribution < 1.29 is 9.53 Å². The van der Waals surface area contributed by atoms with Crippen LogP contribution in [-0.4, -0.2) is 39.8 Å². The van der Waals surface area contributed by atoms with Gasteiger partial charge in [-0.15, -0.1) is 0 Å². The molecular formula is C27H26N6O2. The molecule has 5 rings (SSSR count). The number of nitrogens with zero attached hydrogens (tertiary/aromatic N) is 5. The molecule has 0 radical (unpaired) electrons. The van der Waals surface area contributed by atoms with E-state index in [4.69, 9.17) is 4.74 Å². The van der Waals surface area contributed by atoms with Gasteiger partial charge in [-0.3, -0.25) is 9.69 Å². The number of rotatable bonds is 6. The Morgan fingerprint density at radius 1 is 1.00 bits per heavy atom. The number of ether oxygens (including phenoxy) is 1. The zero-order valence-corrected chi connectivity index (χ0v) is 19.8. The largest absolute Gasteiger partial charge is 0.497 e. The number of fused-ring (bicyclic) bond motifs is 1. The number of allylic oxidation sites excluding steroid dienone is 1. The summed E-state index contributed by atoms with van der Waals surface area (Å²) in [7, 11) is 1.59. The summed E-state index contributed by atoms with van der Waals surface area (Å²) in [6, 6.07) is 23.6. The van der Waals surface area contributed by atoms with Gasteiger partial charge in [0.1, 0.15) is 18.3 Å². The molecule has 0 spiro atoms. The number of benzene rings is 3. The summed E-state index contributed by atoms with van der Waals surface area (Å²) in [6.45, 7) is 4.15. The van der Waals surface area contributed by atoms with Crippen LogP contribution in [0.2, 0.25) is 0 Å². The number of amides is 1. The molecule has 2 heterocycles. The highest BCUT2D eigenvalue weighted by Crippen LogP contribution is 2.36. The fourth-order valence-electron chi connectivity index (χ4n) is 4.14. The second-order valence-electron chi connectivity index (χ2n) is 8.56. The van der Waals surface area contributed by atoms with Crippen molar-refractivity contribution in [2.45, 2.75) is 19.9 Å². The van der Waals surface area contributed by atoms with Crippen LogP contribution < -0.4 is 15.0 Å². The predicted octanol–water partition coefficient (Wildman–Crippen LogP) is 4.39. The lowest BCUT2D eigenvalue weighted by Crippen LogP contribution is -2.37. The van der Waals surface area contributed by atoms with Crippen molar-refractivity contribution in [2.24, 2.45) is 0 Å². The first-order valence-electron chi connectivity index (χ1n) is 11.4. The molecule has 8 heteroatoms. The Labute approximate surface area is 203 Å². The minimum Gasteiger partial charge on any atom is -0.497 e. The molecule has 0 bridgehead atoms. The third-order valence-corrected chi connectivity index (χ3v) is 6.01. The molecule has 1 atom stereocenters. The zero-order valence-electron chi connectivity index (χ0n) is 19.8. The first-order valence-corrected chi connectivity index (χ1v) is 11.4. The molecule has 0 fully saturated rings. The van der Waals surface area contributed by atoms with E-state index >= 15 is 0 Å². The van der Waals surface area contributed by atoms with Gasteiger partial charge in [0.15, 0.2) is 0 Å². The third kappa shape index (κ3) is 4.63. The Balaban J connectivity index is 1.52. The molecule has 0 aliphatic carbocycles. The number of aryl methyl sites for hydroxylation is 2. The summed E-state index contributed by atoms with van der Waals surface area (Å²) in [5, 5.41) is 15.5. The summed E-state index contributed by atoms with van der Waals surface area (Å²) in [5.41, 5.74) is 5.92. The quantitative estimate of drug-likeness (QED) is 0.454. The van der Waals surface area contributed by atoms with Gasteiger partial charge in [0, 0.05) is 11.8 Å². The van der Waals surface area contributed by atoms with Crippen molar-refractivity contribution in [3.63, 3.8) is 0 Å². The van der Waals surface area contributed by atoms with Gasteiger partial charge < -0.3 is 10.1 Å². The fraction of sp³-hybridized carbons (Fsp3) is 0.185. The van der Waals surface area contributed by atoms with Crippen molar-refractivity contribution in [1.82, 2.24) is 20.2 Å². The second-order valence-corrected chi connectivity index (χ2v) is 8.56. The molecule has 3 aromatic carbocycles. The summed E-state index contributed by atoms with van der Waals surface area (Å²) in [4.78, 5) is 15.0. The van der Waals surface area contributed by atoms with Crippen molar-refractivity contribution in [3.8, 4) is 5.75 Å². The van der Waals surface area contributed by atoms with E-state index in [1.807, 2.05) is 30.0 Å². The Hall–Kier alpha value is -4.46. The zero-order chi connectivity index (χ0) is 24.4. The van der Waals surface area contributed by atoms with E-state index in [2.05, 4.69) is 82.4 Å². The van der Waals surface area contributed by atoms with Crippen LogP contribution in [0.3, 0.4) is 0 Å². The van der Waals surface area contributed by atoms with Crippen LogP contribution in [0.4, 0.5) is 11.6 Å². The molecule has 1 amide bonds. The van der Waals surface area contributed by atoms with E-state index in [1.165, 1.54) is 5.56 Å². The standard InChI is InChI=1S/C27H26N6O2/c1-18-7-11-20(12-8-18)24-16-25(21-13-9-19(2)10-14-21)33-27(29-30-31-33)32(24)17-26(34)28-22-5-4-6-23(15-22)35-3/h4-16,25H,17H2,1-3H3,(H,28,34). The molecule has 0 saturated heterocycles. The SMILES string of the molecule is COc1cccc(NC(=O)CN2C(c3ccc(C)cc3)=CC(c3ccc(C)cc3)n3nnnc32)c1. The Morgan fingerprint density at radius 2 is 1.71 bits per heavy atom. The highest BCUT2D eigenvalue weighted by Gasteiger charge is 2.32. The fourth-order valence-corrected chi connectivity index (χ4v) is 4.14. The monoisotopic (exact) mass is 466 g/mol. The maximum Gasteiger partial charge on any atom is 0.251 e. The van der Waals surface area contributed by atoms with Crippen LogP contribution in [0.1, 0.15) is 28.3 Å². The maximum absolute atomic E-state index is 13.1. The van der Waals surface area contributed by atoms with E-state index in [-0.39, 0.29) is 18.5 Å². The molecule has 1 aliphatic heterocycles. The first kappa shape index (κ1) is 22.3. The molecule has 0 saturated carbocycles. The average molecular weight is 467 g/mol. The van der Waals surface area contributed by atoms with Crippen LogP contribution in [0.5, 0.6) is 5.75 Å². The number of carbonyl (C=O) groups excluding carboxylic acids is 1. The van der Waals surface area contributed by atoms with Gasteiger partial charge in [0.2, 0.25) is 5.91 Å². The molecule has 8 nitrogen and oxygen atoms in total. The Bertz CT molecular complexity index is 1380.